The van der Waals surface area contributed by atoms with Gasteiger partial charge in [-0.15, -0.1) is 0 Å². The summed E-state index contributed by atoms with van der Waals surface area (Å²) in [4.78, 5) is 0. The number of hydrogen-bond donors (Lipinski definition) is 1. The highest BCUT2D eigenvalue weighted by atomic mass is 32.2. The summed E-state index contributed by atoms with van der Waals surface area (Å²) in [5.74, 6) is 0. The first-order valence-electron chi connectivity index (χ1n) is 4.52. The first-order valence-corrected chi connectivity index (χ1v) is 6.37. The van der Waals surface area contributed by atoms with Gasteiger partial charge in [0, 0.05) is 6.54 Å². The van der Waals surface area contributed by atoms with Gasteiger partial charge >= 0.3 is 0 Å². The van der Waals surface area contributed by atoms with Gasteiger partial charge in [0.05, 0.1) is 6.26 Å². The summed E-state index contributed by atoms with van der Waals surface area (Å²) in [5.41, 5.74) is 1.08. The molecule has 0 bridgehead atoms. The number of nitrogens with zero attached hydrogens (tertiary/aromatic N) is 1. The summed E-state index contributed by atoms with van der Waals surface area (Å²) >= 11 is 0. The van der Waals surface area contributed by atoms with Gasteiger partial charge in [0.25, 0.3) is 0 Å². The molecule has 1 aliphatic carbocycles. The van der Waals surface area contributed by atoms with Crippen LogP contribution in [0, 0.1) is 0 Å². The van der Waals surface area contributed by atoms with Crippen LogP contribution in [0.15, 0.2) is 23.8 Å². The standard InChI is InChI=1S/C9H15NO3S/c1-14(12,13)10(11)8-7-9-5-3-2-4-6-9/h3,5-6,11H,2,4,7-8H2,1H3. The lowest BCUT2D eigenvalue weighted by molar-refractivity contribution is 0.00547. The van der Waals surface area contributed by atoms with Crippen LogP contribution in [-0.4, -0.2) is 30.9 Å². The van der Waals surface area contributed by atoms with Gasteiger partial charge in [-0.25, -0.2) is 8.42 Å². The van der Waals surface area contributed by atoms with Gasteiger partial charge in [-0.3, -0.25) is 5.21 Å². The molecule has 0 fully saturated rings. The fourth-order valence-corrected chi connectivity index (χ4v) is 1.67. The maximum atomic E-state index is 10.8. The van der Waals surface area contributed by atoms with Gasteiger partial charge in [-0.05, 0) is 19.3 Å². The molecule has 0 atom stereocenters. The molecular formula is C9H15NO3S. The molecule has 0 aliphatic heterocycles. The highest BCUT2D eigenvalue weighted by Crippen LogP contribution is 2.13. The molecule has 0 spiro atoms. The Morgan fingerprint density at radius 1 is 1.50 bits per heavy atom. The minimum absolute atomic E-state index is 0.120. The van der Waals surface area contributed by atoms with Crippen molar-refractivity contribution in [3.63, 3.8) is 0 Å². The van der Waals surface area contributed by atoms with Crippen LogP contribution >= 0.6 is 0 Å². The molecule has 1 rings (SSSR count). The smallest absolute Gasteiger partial charge is 0.232 e. The zero-order valence-corrected chi connectivity index (χ0v) is 9.00. The molecule has 0 amide bonds. The SMILES string of the molecule is CS(=O)(=O)N(O)CCC1=CCCC=C1. The maximum absolute atomic E-state index is 10.8. The number of allylic oxidation sites excluding steroid dienone is 3. The fraction of sp³-hybridized carbons (Fsp3) is 0.556. The quantitative estimate of drug-likeness (QED) is 0.722. The van der Waals surface area contributed by atoms with Crippen LogP contribution in [0.3, 0.4) is 0 Å². The molecule has 1 N–H and O–H groups in total. The summed E-state index contributed by atoms with van der Waals surface area (Å²) < 4.78 is 22.1. The first kappa shape index (κ1) is 11.4. The van der Waals surface area contributed by atoms with Crippen molar-refractivity contribution in [2.24, 2.45) is 0 Å². The monoisotopic (exact) mass is 217 g/mol. The van der Waals surface area contributed by atoms with E-state index in [0.29, 0.717) is 10.9 Å². The van der Waals surface area contributed by atoms with E-state index < -0.39 is 10.0 Å². The molecule has 80 valence electrons. The van der Waals surface area contributed by atoms with E-state index in [2.05, 4.69) is 12.2 Å². The van der Waals surface area contributed by atoms with Crippen LogP contribution in [-0.2, 0) is 10.0 Å². The minimum atomic E-state index is -3.47. The predicted molar refractivity (Wildman–Crippen MR) is 54.4 cm³/mol. The first-order chi connectivity index (χ1) is 6.50. The largest absolute Gasteiger partial charge is 0.299 e. The van der Waals surface area contributed by atoms with Gasteiger partial charge in [-0.1, -0.05) is 28.3 Å². The Hall–Kier alpha value is -0.650. The Kier molecular flexibility index (Phi) is 3.86. The topological polar surface area (TPSA) is 57.6 Å². The van der Waals surface area contributed by atoms with Crippen LogP contribution in [0.2, 0.25) is 0 Å². The lowest BCUT2D eigenvalue weighted by Crippen LogP contribution is -2.27. The average Bonchev–Trinajstić information content (AvgIpc) is 2.14. The fourth-order valence-electron chi connectivity index (χ4n) is 1.24. The Labute approximate surface area is 84.5 Å². The van der Waals surface area contributed by atoms with Crippen molar-refractivity contribution in [2.75, 3.05) is 12.8 Å². The van der Waals surface area contributed by atoms with E-state index in [0.717, 1.165) is 24.7 Å². The molecule has 1 aliphatic rings. The molecule has 0 saturated carbocycles. The second-order valence-electron chi connectivity index (χ2n) is 3.32. The van der Waals surface area contributed by atoms with Crippen molar-refractivity contribution < 1.29 is 13.6 Å². The third-order valence-corrected chi connectivity index (χ3v) is 2.99. The number of hydrogen-bond acceptors (Lipinski definition) is 3. The zero-order chi connectivity index (χ0) is 10.6. The van der Waals surface area contributed by atoms with E-state index in [1.165, 1.54) is 0 Å². The van der Waals surface area contributed by atoms with Crippen LogP contribution in [0.25, 0.3) is 0 Å². The van der Waals surface area contributed by atoms with E-state index >= 15 is 0 Å². The molecule has 0 unspecified atom stereocenters. The molecule has 0 aromatic rings. The predicted octanol–water partition coefficient (Wildman–Crippen LogP) is 1.30. The van der Waals surface area contributed by atoms with E-state index in [4.69, 9.17) is 5.21 Å². The average molecular weight is 217 g/mol. The van der Waals surface area contributed by atoms with Crippen molar-refractivity contribution >= 4 is 10.0 Å². The summed E-state index contributed by atoms with van der Waals surface area (Å²) in [6, 6.07) is 0. The van der Waals surface area contributed by atoms with Crippen LogP contribution in [0.4, 0.5) is 0 Å². The molecule has 5 heteroatoms. The van der Waals surface area contributed by atoms with Crippen LogP contribution in [0.1, 0.15) is 19.3 Å². The highest BCUT2D eigenvalue weighted by molar-refractivity contribution is 7.88. The second kappa shape index (κ2) is 4.72. The molecule has 0 aromatic carbocycles. The summed E-state index contributed by atoms with van der Waals surface area (Å²) in [7, 11) is -3.47. The Balaban J connectivity index is 2.41. The molecule has 0 heterocycles. The molecule has 0 saturated heterocycles. The van der Waals surface area contributed by atoms with Gasteiger partial charge in [0.1, 0.15) is 0 Å². The molecule has 0 radical (unpaired) electrons. The van der Waals surface area contributed by atoms with Crippen molar-refractivity contribution in [3.8, 4) is 0 Å². The zero-order valence-electron chi connectivity index (χ0n) is 8.18. The maximum Gasteiger partial charge on any atom is 0.232 e. The van der Waals surface area contributed by atoms with Crippen LogP contribution < -0.4 is 0 Å². The Morgan fingerprint density at radius 2 is 2.21 bits per heavy atom. The van der Waals surface area contributed by atoms with Gasteiger partial charge in [0.2, 0.25) is 10.0 Å². The Bertz CT molecular complexity index is 343. The third kappa shape index (κ3) is 3.61. The third-order valence-electron chi connectivity index (χ3n) is 2.05. The van der Waals surface area contributed by atoms with Gasteiger partial charge < -0.3 is 0 Å². The van der Waals surface area contributed by atoms with Gasteiger partial charge in [-0.2, -0.15) is 0 Å². The van der Waals surface area contributed by atoms with Crippen molar-refractivity contribution in [1.29, 1.82) is 0 Å². The molecular weight excluding hydrogens is 202 g/mol. The van der Waals surface area contributed by atoms with E-state index in [1.807, 2.05) is 6.08 Å². The normalized spacial score (nSPS) is 17.2. The summed E-state index contributed by atoms with van der Waals surface area (Å²) in [5, 5.41) is 9.11. The van der Waals surface area contributed by atoms with Crippen molar-refractivity contribution in [2.45, 2.75) is 19.3 Å². The lowest BCUT2D eigenvalue weighted by atomic mass is 10.0. The number of sulfonamides is 1. The Morgan fingerprint density at radius 3 is 2.71 bits per heavy atom. The lowest BCUT2D eigenvalue weighted by Gasteiger charge is -2.13. The van der Waals surface area contributed by atoms with E-state index in [9.17, 15) is 8.42 Å². The van der Waals surface area contributed by atoms with Crippen molar-refractivity contribution in [3.05, 3.63) is 23.8 Å². The summed E-state index contributed by atoms with van der Waals surface area (Å²) in [6.07, 6.45) is 9.67. The van der Waals surface area contributed by atoms with Crippen molar-refractivity contribution in [1.82, 2.24) is 4.47 Å². The number of rotatable bonds is 4. The molecule has 14 heavy (non-hydrogen) atoms. The van der Waals surface area contributed by atoms with E-state index in [1.54, 1.807) is 0 Å². The number of hydroxylamine groups is 1. The molecule has 4 nitrogen and oxygen atoms in total. The minimum Gasteiger partial charge on any atom is -0.299 e. The molecule has 0 aromatic heterocycles. The van der Waals surface area contributed by atoms with E-state index in [-0.39, 0.29) is 6.54 Å². The second-order valence-corrected chi connectivity index (χ2v) is 5.21. The summed E-state index contributed by atoms with van der Waals surface area (Å²) in [6.45, 7) is 0.120. The van der Waals surface area contributed by atoms with Crippen LogP contribution in [0.5, 0.6) is 0 Å². The highest BCUT2D eigenvalue weighted by Gasteiger charge is 2.12. The van der Waals surface area contributed by atoms with Gasteiger partial charge in [0.15, 0.2) is 0 Å².